The molecule has 0 aliphatic heterocycles. The molecule has 2 N–H and O–H groups in total. The Labute approximate surface area is 124 Å². The van der Waals surface area contributed by atoms with Crippen molar-refractivity contribution in [2.45, 2.75) is 0 Å². The molecule has 0 aliphatic carbocycles. The molecule has 0 unspecified atom stereocenters. The van der Waals surface area contributed by atoms with Gasteiger partial charge in [-0.2, -0.15) is 0 Å². The molecule has 0 atom stereocenters. The Kier molecular flexibility index (Phi) is 4.64. The number of hydrogen-bond donors (Lipinski definition) is 1. The molecule has 0 spiro atoms. The number of hydrogen-bond acceptors (Lipinski definition) is 5. The lowest BCUT2D eigenvalue weighted by molar-refractivity contribution is 0.341. The van der Waals surface area contributed by atoms with E-state index in [1.165, 1.54) is 7.05 Å². The van der Waals surface area contributed by atoms with Crippen LogP contribution >= 0.6 is 0 Å². The molecule has 0 saturated carbocycles. The number of nitrogens with zero attached hydrogens (tertiary/aromatic N) is 2. The molecular weight excluding hydrogens is 290 g/mol. The number of anilines is 2. The average Bonchev–Trinajstić information content (AvgIpc) is 2.49. The van der Waals surface area contributed by atoms with Crippen LogP contribution in [0, 0.1) is 0 Å². The Balaban J connectivity index is 1.94. The van der Waals surface area contributed by atoms with Crippen LogP contribution in [0.25, 0.3) is 0 Å². The fraction of sp³-hybridized carbons (Fsp3) is 0.214. The first-order valence-electron chi connectivity index (χ1n) is 6.35. The van der Waals surface area contributed by atoms with Crippen LogP contribution < -0.4 is 14.8 Å². The second-order valence-electron chi connectivity index (χ2n) is 4.39. The topological polar surface area (TPSA) is 85.5 Å². The summed E-state index contributed by atoms with van der Waals surface area (Å²) in [5, 5.41) is 0. The van der Waals surface area contributed by atoms with Crippen LogP contribution in [-0.4, -0.2) is 32.8 Å². The van der Waals surface area contributed by atoms with E-state index in [4.69, 9.17) is 10.5 Å². The zero-order chi connectivity index (χ0) is 15.3. The van der Waals surface area contributed by atoms with Crippen LogP contribution in [0.4, 0.5) is 11.5 Å². The van der Waals surface area contributed by atoms with Crippen molar-refractivity contribution >= 4 is 21.5 Å². The van der Waals surface area contributed by atoms with E-state index in [9.17, 15) is 8.42 Å². The lowest BCUT2D eigenvalue weighted by Crippen LogP contribution is -2.31. The number of pyridine rings is 1. The van der Waals surface area contributed by atoms with Gasteiger partial charge in [-0.15, -0.1) is 0 Å². The fourth-order valence-corrected chi connectivity index (χ4v) is 2.61. The highest BCUT2D eigenvalue weighted by Gasteiger charge is 2.19. The minimum absolute atomic E-state index is 0.0590. The number of rotatable bonds is 6. The Bertz CT molecular complexity index is 672. The van der Waals surface area contributed by atoms with Crippen molar-refractivity contribution in [3.05, 3.63) is 48.7 Å². The Morgan fingerprint density at radius 3 is 2.52 bits per heavy atom. The van der Waals surface area contributed by atoms with Crippen LogP contribution in [0.15, 0.2) is 48.7 Å². The predicted molar refractivity (Wildman–Crippen MR) is 82.8 cm³/mol. The molecule has 0 saturated heterocycles. The number of nitrogen functional groups attached to an aromatic ring is 1. The predicted octanol–water partition coefficient (Wildman–Crippen LogP) is 1.51. The zero-order valence-electron chi connectivity index (χ0n) is 11.6. The van der Waals surface area contributed by atoms with Gasteiger partial charge in [-0.3, -0.25) is 4.31 Å². The van der Waals surface area contributed by atoms with Gasteiger partial charge in [0, 0.05) is 18.9 Å². The van der Waals surface area contributed by atoms with E-state index in [-0.39, 0.29) is 12.4 Å². The molecule has 1 aromatic heterocycles. The van der Waals surface area contributed by atoms with Crippen molar-refractivity contribution in [3.8, 4) is 5.75 Å². The maximum atomic E-state index is 12.2. The van der Waals surface area contributed by atoms with E-state index in [0.29, 0.717) is 17.3 Å². The van der Waals surface area contributed by atoms with E-state index in [2.05, 4.69) is 4.98 Å². The van der Waals surface area contributed by atoms with Crippen LogP contribution in [-0.2, 0) is 10.0 Å². The average molecular weight is 307 g/mol. The fourth-order valence-electron chi connectivity index (χ4n) is 1.65. The Morgan fingerprint density at radius 2 is 1.90 bits per heavy atom. The second-order valence-corrected chi connectivity index (χ2v) is 6.51. The molecule has 1 heterocycles. The maximum absolute atomic E-state index is 12.2. The minimum Gasteiger partial charge on any atom is -0.492 e. The van der Waals surface area contributed by atoms with E-state index in [0.717, 1.165) is 4.31 Å². The van der Waals surface area contributed by atoms with E-state index < -0.39 is 10.0 Å². The van der Waals surface area contributed by atoms with Gasteiger partial charge in [-0.05, 0) is 36.4 Å². The highest BCUT2D eigenvalue weighted by Crippen LogP contribution is 2.15. The summed E-state index contributed by atoms with van der Waals surface area (Å²) in [7, 11) is -2.00. The van der Waals surface area contributed by atoms with Crippen molar-refractivity contribution in [1.82, 2.24) is 4.98 Å². The summed E-state index contributed by atoms with van der Waals surface area (Å²) >= 11 is 0. The molecule has 0 bridgehead atoms. The van der Waals surface area contributed by atoms with Gasteiger partial charge < -0.3 is 10.5 Å². The first-order valence-corrected chi connectivity index (χ1v) is 7.96. The van der Waals surface area contributed by atoms with Gasteiger partial charge in [-0.25, -0.2) is 13.4 Å². The summed E-state index contributed by atoms with van der Waals surface area (Å²) in [4.78, 5) is 4.01. The number of ether oxygens (including phenoxy) is 1. The largest absolute Gasteiger partial charge is 0.492 e. The summed E-state index contributed by atoms with van der Waals surface area (Å²) < 4.78 is 30.9. The molecule has 0 aliphatic rings. The molecule has 2 rings (SSSR count). The summed E-state index contributed by atoms with van der Waals surface area (Å²) in [5.41, 5.74) is 6.19. The second kappa shape index (κ2) is 6.45. The summed E-state index contributed by atoms with van der Waals surface area (Å²) in [6.45, 7) is 0.0590. The summed E-state index contributed by atoms with van der Waals surface area (Å²) in [5.74, 6) is 0.828. The monoisotopic (exact) mass is 307 g/mol. The quantitative estimate of drug-likeness (QED) is 0.818. The van der Waals surface area contributed by atoms with E-state index in [1.807, 2.05) is 0 Å². The normalized spacial score (nSPS) is 11.1. The molecular formula is C14H17N3O3S. The van der Waals surface area contributed by atoms with Crippen LogP contribution in [0.2, 0.25) is 0 Å². The van der Waals surface area contributed by atoms with Gasteiger partial charge in [0.05, 0.1) is 0 Å². The SMILES string of the molecule is CN(c1ccccn1)S(=O)(=O)CCOc1ccc(N)cc1. The third-order valence-corrected chi connectivity index (χ3v) is 4.58. The first-order chi connectivity index (χ1) is 9.99. The standard InChI is InChI=1S/C14H17N3O3S/c1-17(14-4-2-3-9-16-14)21(18,19)11-10-20-13-7-5-12(15)6-8-13/h2-9H,10-11,15H2,1H3. The number of sulfonamides is 1. The number of benzene rings is 1. The highest BCUT2D eigenvalue weighted by molar-refractivity contribution is 7.92. The first kappa shape index (κ1) is 15.1. The van der Waals surface area contributed by atoms with Crippen LogP contribution in [0.5, 0.6) is 5.75 Å². The van der Waals surface area contributed by atoms with Gasteiger partial charge in [-0.1, -0.05) is 6.07 Å². The molecule has 21 heavy (non-hydrogen) atoms. The zero-order valence-corrected chi connectivity index (χ0v) is 12.5. The smallest absolute Gasteiger partial charge is 0.239 e. The molecule has 0 fully saturated rings. The number of aromatic nitrogens is 1. The van der Waals surface area contributed by atoms with Gasteiger partial charge in [0.1, 0.15) is 23.9 Å². The van der Waals surface area contributed by atoms with Crippen molar-refractivity contribution < 1.29 is 13.2 Å². The molecule has 1 aromatic carbocycles. The van der Waals surface area contributed by atoms with Gasteiger partial charge in [0.2, 0.25) is 10.0 Å². The lowest BCUT2D eigenvalue weighted by Gasteiger charge is -2.18. The highest BCUT2D eigenvalue weighted by atomic mass is 32.2. The van der Waals surface area contributed by atoms with Crippen LogP contribution in [0.1, 0.15) is 0 Å². The third-order valence-electron chi connectivity index (χ3n) is 2.88. The summed E-state index contributed by atoms with van der Waals surface area (Å²) in [6.07, 6.45) is 1.55. The van der Waals surface area contributed by atoms with Crippen molar-refractivity contribution in [2.24, 2.45) is 0 Å². The Hall–Kier alpha value is -2.28. The van der Waals surface area contributed by atoms with Gasteiger partial charge in [0.15, 0.2) is 0 Å². The lowest BCUT2D eigenvalue weighted by atomic mass is 10.3. The van der Waals surface area contributed by atoms with Crippen molar-refractivity contribution in [1.29, 1.82) is 0 Å². The van der Waals surface area contributed by atoms with Crippen molar-refractivity contribution in [3.63, 3.8) is 0 Å². The van der Waals surface area contributed by atoms with Crippen molar-refractivity contribution in [2.75, 3.05) is 29.4 Å². The van der Waals surface area contributed by atoms with E-state index >= 15 is 0 Å². The molecule has 112 valence electrons. The minimum atomic E-state index is -3.47. The molecule has 0 amide bonds. The third kappa shape index (κ3) is 4.09. The maximum Gasteiger partial charge on any atom is 0.239 e. The Morgan fingerprint density at radius 1 is 1.19 bits per heavy atom. The van der Waals surface area contributed by atoms with Gasteiger partial charge >= 0.3 is 0 Å². The molecule has 2 aromatic rings. The van der Waals surface area contributed by atoms with E-state index in [1.54, 1.807) is 48.7 Å². The van der Waals surface area contributed by atoms with Crippen LogP contribution in [0.3, 0.4) is 0 Å². The molecule has 6 nitrogen and oxygen atoms in total. The number of nitrogens with two attached hydrogens (primary N) is 1. The van der Waals surface area contributed by atoms with Gasteiger partial charge in [0.25, 0.3) is 0 Å². The molecule has 7 heteroatoms. The molecule has 0 radical (unpaired) electrons. The summed E-state index contributed by atoms with van der Waals surface area (Å²) in [6, 6.07) is 11.9.